The van der Waals surface area contributed by atoms with Gasteiger partial charge in [-0.25, -0.2) is 0 Å². The van der Waals surface area contributed by atoms with Crippen LogP contribution in [0.2, 0.25) is 0 Å². The zero-order valence-electron chi connectivity index (χ0n) is 15.4. The van der Waals surface area contributed by atoms with Crippen molar-refractivity contribution in [1.82, 2.24) is 0 Å². The largest absolute Gasteiger partial charge is 0.505 e. The van der Waals surface area contributed by atoms with Gasteiger partial charge in [-0.05, 0) is 18.6 Å². The third-order valence-corrected chi connectivity index (χ3v) is 4.19. The Hall–Kier alpha value is -4.08. The van der Waals surface area contributed by atoms with Crippen LogP contribution >= 0.6 is 0 Å². The molecule has 10 heteroatoms. The van der Waals surface area contributed by atoms with E-state index in [0.29, 0.717) is 11.9 Å². The maximum Gasteiger partial charge on any atom is 0.303 e. The van der Waals surface area contributed by atoms with Crippen molar-refractivity contribution in [3.8, 4) is 5.75 Å². The van der Waals surface area contributed by atoms with Gasteiger partial charge >= 0.3 is 5.69 Å². The molecule has 0 saturated heterocycles. The standard InChI is InChI=1S/C19H17N5O5/c1-2-9-20-16-11-17(19(25)14-6-4-3-5-13(14)16)22-21-15-8-7-12(23(26)27)10-18(15)24(28)29/h3-8,10-11,20,25H,2,9H2,1H3. The summed E-state index contributed by atoms with van der Waals surface area (Å²) in [6.45, 7) is 2.73. The lowest BCUT2D eigenvalue weighted by Crippen LogP contribution is -2.00. The number of nitro groups is 2. The zero-order valence-corrected chi connectivity index (χ0v) is 15.4. The van der Waals surface area contributed by atoms with Crippen LogP contribution in [-0.2, 0) is 0 Å². The Bertz CT molecular complexity index is 1130. The Balaban J connectivity index is 2.08. The topological polar surface area (TPSA) is 143 Å². The second-order valence-corrected chi connectivity index (χ2v) is 6.15. The fourth-order valence-corrected chi connectivity index (χ4v) is 2.79. The molecule has 0 aliphatic heterocycles. The molecule has 3 aromatic carbocycles. The number of nitrogens with one attached hydrogen (secondary N) is 1. The van der Waals surface area contributed by atoms with E-state index in [1.54, 1.807) is 18.2 Å². The number of hydrogen-bond donors (Lipinski definition) is 2. The lowest BCUT2D eigenvalue weighted by molar-refractivity contribution is -0.393. The molecule has 0 atom stereocenters. The highest BCUT2D eigenvalue weighted by molar-refractivity contribution is 6.01. The monoisotopic (exact) mass is 395 g/mol. The summed E-state index contributed by atoms with van der Waals surface area (Å²) in [5.74, 6) is -0.115. The molecule has 0 saturated carbocycles. The zero-order chi connectivity index (χ0) is 21.0. The van der Waals surface area contributed by atoms with Gasteiger partial charge in [-0.15, -0.1) is 10.2 Å². The summed E-state index contributed by atoms with van der Waals surface area (Å²) >= 11 is 0. The highest BCUT2D eigenvalue weighted by atomic mass is 16.6. The van der Waals surface area contributed by atoms with Gasteiger partial charge in [0.25, 0.3) is 5.69 Å². The van der Waals surface area contributed by atoms with Gasteiger partial charge in [0, 0.05) is 29.1 Å². The molecular formula is C19H17N5O5. The van der Waals surface area contributed by atoms with E-state index in [4.69, 9.17) is 0 Å². The first kappa shape index (κ1) is 19.7. The number of hydrogen-bond acceptors (Lipinski definition) is 8. The third-order valence-electron chi connectivity index (χ3n) is 4.19. The van der Waals surface area contributed by atoms with Gasteiger partial charge in [0.2, 0.25) is 0 Å². The van der Waals surface area contributed by atoms with Gasteiger partial charge < -0.3 is 10.4 Å². The van der Waals surface area contributed by atoms with E-state index >= 15 is 0 Å². The fraction of sp³-hybridized carbons (Fsp3) is 0.158. The number of aromatic hydroxyl groups is 1. The van der Waals surface area contributed by atoms with Crippen molar-refractivity contribution >= 4 is 39.2 Å². The van der Waals surface area contributed by atoms with Crippen LogP contribution < -0.4 is 5.32 Å². The van der Waals surface area contributed by atoms with Gasteiger partial charge in [0.1, 0.15) is 5.69 Å². The number of phenolic OH excluding ortho intramolecular Hbond substituents is 1. The molecule has 0 spiro atoms. The molecule has 0 aliphatic rings. The van der Waals surface area contributed by atoms with E-state index in [-0.39, 0.29) is 17.1 Å². The Labute approximate surface area is 164 Å². The summed E-state index contributed by atoms with van der Waals surface area (Å²) in [5, 5.41) is 45.1. The van der Waals surface area contributed by atoms with Crippen molar-refractivity contribution in [2.75, 3.05) is 11.9 Å². The summed E-state index contributed by atoms with van der Waals surface area (Å²) < 4.78 is 0. The van der Waals surface area contributed by atoms with Crippen LogP contribution in [0.5, 0.6) is 5.75 Å². The van der Waals surface area contributed by atoms with Gasteiger partial charge in [0.15, 0.2) is 11.4 Å². The summed E-state index contributed by atoms with van der Waals surface area (Å²) in [6, 6.07) is 11.9. The Morgan fingerprint density at radius 3 is 2.31 bits per heavy atom. The van der Waals surface area contributed by atoms with Crippen LogP contribution in [0.3, 0.4) is 0 Å². The molecular weight excluding hydrogens is 378 g/mol. The highest BCUT2D eigenvalue weighted by Gasteiger charge is 2.20. The van der Waals surface area contributed by atoms with Gasteiger partial charge in [-0.3, -0.25) is 20.2 Å². The SMILES string of the molecule is CCCNc1cc(N=Nc2ccc([N+](=O)[O-])cc2[N+](=O)[O-])c(O)c2ccccc12. The summed E-state index contributed by atoms with van der Waals surface area (Å²) in [5.41, 5.74) is -0.263. The fourth-order valence-electron chi connectivity index (χ4n) is 2.79. The van der Waals surface area contributed by atoms with Crippen LogP contribution in [0.1, 0.15) is 13.3 Å². The number of nitrogens with zero attached hydrogens (tertiary/aromatic N) is 4. The highest BCUT2D eigenvalue weighted by Crippen LogP contribution is 2.41. The quantitative estimate of drug-likeness (QED) is 0.231. The maximum absolute atomic E-state index is 11.2. The average molecular weight is 395 g/mol. The normalized spacial score (nSPS) is 11.1. The molecule has 0 aliphatic carbocycles. The third kappa shape index (κ3) is 4.10. The summed E-state index contributed by atoms with van der Waals surface area (Å²) in [6.07, 6.45) is 0.890. The van der Waals surface area contributed by atoms with E-state index < -0.39 is 21.2 Å². The van der Waals surface area contributed by atoms with Crippen molar-refractivity contribution in [2.45, 2.75) is 13.3 Å². The van der Waals surface area contributed by atoms with Crippen LogP contribution in [0.25, 0.3) is 10.8 Å². The molecule has 0 bridgehead atoms. The molecule has 3 rings (SSSR count). The molecule has 0 heterocycles. The smallest absolute Gasteiger partial charge is 0.303 e. The number of fused-ring (bicyclic) bond motifs is 1. The first-order valence-corrected chi connectivity index (χ1v) is 8.75. The summed E-state index contributed by atoms with van der Waals surface area (Å²) in [7, 11) is 0. The maximum atomic E-state index is 11.2. The molecule has 29 heavy (non-hydrogen) atoms. The van der Waals surface area contributed by atoms with E-state index in [1.165, 1.54) is 0 Å². The van der Waals surface area contributed by atoms with Crippen molar-refractivity contribution < 1.29 is 15.0 Å². The van der Waals surface area contributed by atoms with Crippen LogP contribution in [0.4, 0.5) is 28.4 Å². The second kappa shape index (κ2) is 8.30. The molecule has 2 N–H and O–H groups in total. The first-order chi connectivity index (χ1) is 13.9. The van der Waals surface area contributed by atoms with E-state index in [9.17, 15) is 25.3 Å². The number of benzene rings is 3. The molecule has 0 unspecified atom stereocenters. The minimum Gasteiger partial charge on any atom is -0.505 e. The van der Waals surface area contributed by atoms with E-state index in [2.05, 4.69) is 15.5 Å². The van der Waals surface area contributed by atoms with Gasteiger partial charge in [-0.1, -0.05) is 31.2 Å². The van der Waals surface area contributed by atoms with Crippen LogP contribution in [-0.4, -0.2) is 21.5 Å². The van der Waals surface area contributed by atoms with Crippen molar-refractivity contribution in [3.63, 3.8) is 0 Å². The van der Waals surface area contributed by atoms with Gasteiger partial charge in [0.05, 0.1) is 15.9 Å². The molecule has 0 aromatic heterocycles. The lowest BCUT2D eigenvalue weighted by Gasteiger charge is -2.12. The minimum atomic E-state index is -0.768. The lowest BCUT2D eigenvalue weighted by atomic mass is 10.1. The predicted octanol–water partition coefficient (Wildman–Crippen LogP) is 5.60. The Morgan fingerprint density at radius 2 is 1.66 bits per heavy atom. The van der Waals surface area contributed by atoms with E-state index in [1.807, 2.05) is 19.1 Å². The number of rotatable bonds is 7. The van der Waals surface area contributed by atoms with E-state index in [0.717, 1.165) is 35.7 Å². The molecule has 148 valence electrons. The van der Waals surface area contributed by atoms with Gasteiger partial charge in [-0.2, -0.15) is 0 Å². The van der Waals surface area contributed by atoms with Crippen LogP contribution in [0.15, 0.2) is 58.8 Å². The van der Waals surface area contributed by atoms with Crippen LogP contribution in [0, 0.1) is 20.2 Å². The molecule has 0 amide bonds. The number of azo groups is 1. The number of nitro benzene ring substituents is 2. The summed E-state index contributed by atoms with van der Waals surface area (Å²) in [4.78, 5) is 20.6. The van der Waals surface area contributed by atoms with Crippen molar-refractivity contribution in [3.05, 3.63) is 68.8 Å². The number of phenols is 1. The van der Waals surface area contributed by atoms with Crippen molar-refractivity contribution in [1.29, 1.82) is 0 Å². The Kier molecular flexibility index (Phi) is 5.63. The number of anilines is 1. The molecule has 3 aromatic rings. The second-order valence-electron chi connectivity index (χ2n) is 6.15. The van der Waals surface area contributed by atoms with Crippen molar-refractivity contribution in [2.24, 2.45) is 10.2 Å². The molecule has 0 radical (unpaired) electrons. The number of non-ortho nitro benzene ring substituents is 1. The average Bonchev–Trinajstić information content (AvgIpc) is 2.72. The molecule has 0 fully saturated rings. The minimum absolute atomic E-state index is 0.115. The predicted molar refractivity (Wildman–Crippen MR) is 108 cm³/mol. The Morgan fingerprint density at radius 1 is 0.966 bits per heavy atom. The molecule has 10 nitrogen and oxygen atoms in total. The first-order valence-electron chi connectivity index (χ1n) is 8.75.